The number of methoxy groups -OCH3 is 1. The van der Waals surface area contributed by atoms with Crippen LogP contribution in [0, 0.1) is 11.8 Å². The number of unbranched alkanes of at least 4 members (excludes halogenated alkanes) is 2. The highest BCUT2D eigenvalue weighted by Gasteiger charge is 2.39. The Kier molecular flexibility index (Phi) is 11.1. The molecule has 1 rings (SSSR count). The van der Waals surface area contributed by atoms with Gasteiger partial charge in [-0.3, -0.25) is 9.59 Å². The summed E-state index contributed by atoms with van der Waals surface area (Å²) in [6.45, 7) is 5.23. The normalized spacial score (nSPS) is 24.3. The van der Waals surface area contributed by atoms with Crippen LogP contribution >= 0.6 is 0 Å². The Bertz CT molecular complexity index is 612. The van der Waals surface area contributed by atoms with Crippen molar-refractivity contribution in [1.82, 2.24) is 0 Å². The quantitative estimate of drug-likeness (QED) is 0.270. The first kappa shape index (κ1) is 25.2. The molecule has 0 aliphatic heterocycles. The average Bonchev–Trinajstić information content (AvgIpc) is 2.95. The summed E-state index contributed by atoms with van der Waals surface area (Å²) in [5.41, 5.74) is -1.60. The Labute approximate surface area is 173 Å². The number of aliphatic hydroxyl groups excluding tert-OH is 1. The van der Waals surface area contributed by atoms with Crippen molar-refractivity contribution in [2.75, 3.05) is 7.11 Å². The van der Waals surface area contributed by atoms with Gasteiger partial charge in [-0.15, -0.1) is 0 Å². The molecule has 0 radical (unpaired) electrons. The van der Waals surface area contributed by atoms with Crippen molar-refractivity contribution in [3.05, 3.63) is 36.7 Å². The predicted molar refractivity (Wildman–Crippen MR) is 111 cm³/mol. The van der Waals surface area contributed by atoms with E-state index in [1.807, 2.05) is 19.1 Å². The Balaban J connectivity index is 2.63. The highest BCUT2D eigenvalue weighted by atomic mass is 19.1. The topological polar surface area (TPSA) is 83.8 Å². The van der Waals surface area contributed by atoms with E-state index in [2.05, 4.69) is 11.3 Å². The van der Waals surface area contributed by atoms with Gasteiger partial charge >= 0.3 is 5.97 Å². The molecule has 5 nitrogen and oxygen atoms in total. The molecule has 2 N–H and O–H groups in total. The number of hydrogen-bond donors (Lipinski definition) is 2. The van der Waals surface area contributed by atoms with E-state index in [0.717, 1.165) is 6.42 Å². The van der Waals surface area contributed by atoms with Crippen molar-refractivity contribution in [2.24, 2.45) is 11.8 Å². The number of allylic oxidation sites excluding steroid dienone is 2. The van der Waals surface area contributed by atoms with Crippen LogP contribution in [0.4, 0.5) is 4.39 Å². The second-order valence-corrected chi connectivity index (χ2v) is 7.77. The van der Waals surface area contributed by atoms with Crippen LogP contribution in [0.1, 0.15) is 64.7 Å². The number of halogens is 1. The van der Waals surface area contributed by atoms with Gasteiger partial charge in [0.05, 0.1) is 13.2 Å². The number of ketones is 1. The predicted octanol–water partition coefficient (Wildman–Crippen LogP) is 4.19. The van der Waals surface area contributed by atoms with E-state index in [9.17, 15) is 24.2 Å². The fourth-order valence-electron chi connectivity index (χ4n) is 3.59. The van der Waals surface area contributed by atoms with Gasteiger partial charge in [-0.2, -0.15) is 0 Å². The molecular weight excluding hydrogens is 375 g/mol. The SMILES string of the molecule is C=C(F)C(O)(CC=C[C@H]1[C@H](O)CC(=O)[C@@H]1CC=CCCCC(=O)OC)CCCC. The van der Waals surface area contributed by atoms with Crippen molar-refractivity contribution in [1.29, 1.82) is 0 Å². The molecule has 1 fully saturated rings. The first-order valence-electron chi connectivity index (χ1n) is 10.4. The van der Waals surface area contributed by atoms with Crippen molar-refractivity contribution < 1.29 is 28.9 Å². The Morgan fingerprint density at radius 3 is 2.69 bits per heavy atom. The van der Waals surface area contributed by atoms with E-state index in [0.29, 0.717) is 32.1 Å². The smallest absolute Gasteiger partial charge is 0.305 e. The molecule has 0 spiro atoms. The lowest BCUT2D eigenvalue weighted by atomic mass is 9.88. The molecule has 1 aliphatic rings. The van der Waals surface area contributed by atoms with Gasteiger partial charge in [-0.25, -0.2) is 4.39 Å². The summed E-state index contributed by atoms with van der Waals surface area (Å²) >= 11 is 0. The van der Waals surface area contributed by atoms with Crippen LogP contribution in [-0.2, 0) is 14.3 Å². The summed E-state index contributed by atoms with van der Waals surface area (Å²) in [4.78, 5) is 23.3. The maximum atomic E-state index is 13.7. The minimum Gasteiger partial charge on any atom is -0.469 e. The minimum atomic E-state index is -1.60. The number of Topliss-reactive ketones (excluding diaryl/α,β-unsaturated/α-hetero) is 1. The standard InChI is InChI=1S/C23H35FO5/c1-4-5-14-23(28,17(2)24)15-10-12-19-18(20(25)16-21(19)26)11-8-6-7-9-13-22(27)29-3/h6,8,10,12,18-19,21,26,28H,2,4-5,7,9,11,13-16H2,1,3H3/t18-,19-,21-,23?/m1/s1. The van der Waals surface area contributed by atoms with Crippen molar-refractivity contribution >= 4 is 11.8 Å². The summed E-state index contributed by atoms with van der Waals surface area (Å²) in [5.74, 6) is -1.69. The Hall–Kier alpha value is -1.79. The lowest BCUT2D eigenvalue weighted by Gasteiger charge is -2.25. The average molecular weight is 411 g/mol. The van der Waals surface area contributed by atoms with Gasteiger partial charge < -0.3 is 14.9 Å². The number of aliphatic hydroxyl groups is 2. The molecular formula is C23H35FO5. The maximum Gasteiger partial charge on any atom is 0.305 e. The van der Waals surface area contributed by atoms with Gasteiger partial charge in [0.15, 0.2) is 0 Å². The molecule has 1 saturated carbocycles. The number of ether oxygens (including phenoxy) is 1. The zero-order valence-electron chi connectivity index (χ0n) is 17.6. The first-order valence-corrected chi connectivity index (χ1v) is 10.4. The van der Waals surface area contributed by atoms with Crippen LogP contribution in [0.15, 0.2) is 36.7 Å². The van der Waals surface area contributed by atoms with Crippen LogP contribution in [-0.4, -0.2) is 40.8 Å². The van der Waals surface area contributed by atoms with Crippen molar-refractivity contribution in [2.45, 2.75) is 76.4 Å². The van der Waals surface area contributed by atoms with Crippen molar-refractivity contribution in [3.8, 4) is 0 Å². The van der Waals surface area contributed by atoms with Gasteiger partial charge in [0.1, 0.15) is 17.2 Å². The molecule has 0 aromatic rings. The maximum absolute atomic E-state index is 13.7. The van der Waals surface area contributed by atoms with E-state index in [4.69, 9.17) is 0 Å². The molecule has 29 heavy (non-hydrogen) atoms. The molecule has 1 aliphatic carbocycles. The molecule has 4 atom stereocenters. The summed E-state index contributed by atoms with van der Waals surface area (Å²) in [7, 11) is 1.36. The van der Waals surface area contributed by atoms with Gasteiger partial charge in [-0.1, -0.05) is 50.6 Å². The van der Waals surface area contributed by atoms with E-state index in [1.165, 1.54) is 7.11 Å². The Morgan fingerprint density at radius 2 is 2.07 bits per heavy atom. The minimum absolute atomic E-state index is 0.00232. The fraction of sp³-hybridized carbons (Fsp3) is 0.652. The van der Waals surface area contributed by atoms with Crippen molar-refractivity contribution in [3.63, 3.8) is 0 Å². The largest absolute Gasteiger partial charge is 0.469 e. The molecule has 0 aromatic heterocycles. The van der Waals surface area contributed by atoms with Crippen LogP contribution in [0.5, 0.6) is 0 Å². The van der Waals surface area contributed by atoms with Crippen LogP contribution in [0.2, 0.25) is 0 Å². The molecule has 164 valence electrons. The molecule has 0 heterocycles. The first-order chi connectivity index (χ1) is 13.7. The van der Waals surface area contributed by atoms with Gasteiger partial charge in [-0.05, 0) is 25.7 Å². The third-order valence-corrected chi connectivity index (χ3v) is 5.53. The second kappa shape index (κ2) is 12.7. The van der Waals surface area contributed by atoms with Gasteiger partial charge in [0, 0.05) is 31.1 Å². The molecule has 1 unspecified atom stereocenters. The van der Waals surface area contributed by atoms with Gasteiger partial charge in [0.2, 0.25) is 0 Å². The van der Waals surface area contributed by atoms with Crippen LogP contribution in [0.25, 0.3) is 0 Å². The molecule has 6 heteroatoms. The van der Waals surface area contributed by atoms with E-state index in [1.54, 1.807) is 12.2 Å². The van der Waals surface area contributed by atoms with Crippen LogP contribution < -0.4 is 0 Å². The summed E-state index contributed by atoms with van der Waals surface area (Å²) in [5, 5.41) is 20.7. The zero-order chi connectivity index (χ0) is 21.9. The third-order valence-electron chi connectivity index (χ3n) is 5.53. The van der Waals surface area contributed by atoms with E-state index >= 15 is 0 Å². The lowest BCUT2D eigenvalue weighted by molar-refractivity contribution is -0.140. The number of esters is 1. The fourth-order valence-corrected chi connectivity index (χ4v) is 3.59. The van der Waals surface area contributed by atoms with E-state index < -0.39 is 17.5 Å². The van der Waals surface area contributed by atoms with Crippen LogP contribution in [0.3, 0.4) is 0 Å². The summed E-state index contributed by atoms with van der Waals surface area (Å²) in [6, 6.07) is 0. The highest BCUT2D eigenvalue weighted by Crippen LogP contribution is 2.34. The number of carbonyl (C=O) groups is 2. The summed E-state index contributed by atoms with van der Waals surface area (Å²) in [6.07, 6.45) is 10.7. The summed E-state index contributed by atoms with van der Waals surface area (Å²) < 4.78 is 18.3. The lowest BCUT2D eigenvalue weighted by Crippen LogP contribution is -2.28. The zero-order valence-corrected chi connectivity index (χ0v) is 17.6. The third kappa shape index (κ3) is 8.23. The highest BCUT2D eigenvalue weighted by molar-refractivity contribution is 5.84. The molecule has 0 bridgehead atoms. The second-order valence-electron chi connectivity index (χ2n) is 7.77. The molecule has 0 aromatic carbocycles. The monoisotopic (exact) mass is 410 g/mol. The number of hydrogen-bond acceptors (Lipinski definition) is 5. The number of rotatable bonds is 13. The molecule has 0 saturated heterocycles. The molecule has 0 amide bonds. The van der Waals surface area contributed by atoms with E-state index in [-0.39, 0.29) is 42.9 Å². The van der Waals surface area contributed by atoms with Gasteiger partial charge in [0.25, 0.3) is 0 Å². The number of carbonyl (C=O) groups excluding carboxylic acids is 2. The Morgan fingerprint density at radius 1 is 1.34 bits per heavy atom.